The van der Waals surface area contributed by atoms with Gasteiger partial charge in [-0.1, -0.05) is 6.08 Å². The molecule has 0 saturated carbocycles. The predicted octanol–water partition coefficient (Wildman–Crippen LogP) is 2.62. The van der Waals surface area contributed by atoms with Gasteiger partial charge in [-0.25, -0.2) is 0 Å². The Kier molecular flexibility index (Phi) is 4.51. The first-order chi connectivity index (χ1) is 7.76. The van der Waals surface area contributed by atoms with Crippen molar-refractivity contribution in [1.29, 1.82) is 0 Å². The van der Waals surface area contributed by atoms with Gasteiger partial charge in [-0.2, -0.15) is 0 Å². The number of hydrogen-bond acceptors (Lipinski definition) is 4. The third-order valence-electron chi connectivity index (χ3n) is 1.98. The van der Waals surface area contributed by atoms with E-state index in [9.17, 15) is 0 Å². The highest BCUT2D eigenvalue weighted by Crippen LogP contribution is 2.40. The van der Waals surface area contributed by atoms with Crippen LogP contribution in [0.4, 0.5) is 0 Å². The Bertz CT molecular complexity index is 346. The Balaban J connectivity index is 3.14. The molecule has 0 N–H and O–H groups in total. The van der Waals surface area contributed by atoms with Crippen molar-refractivity contribution in [3.8, 4) is 23.0 Å². The summed E-state index contributed by atoms with van der Waals surface area (Å²) >= 11 is 0. The van der Waals surface area contributed by atoms with Crippen LogP contribution in [0.2, 0.25) is 0 Å². The smallest absolute Gasteiger partial charge is 0.203 e. The van der Waals surface area contributed by atoms with Crippen molar-refractivity contribution in [2.45, 2.75) is 6.92 Å². The standard InChI is InChI=1S/C12H16O4/c1-5-6-16-9-7-10(13-2)12(15-4)11(8-9)14-3/h5-8H,1-4H3/b6-5-. The first-order valence-electron chi connectivity index (χ1n) is 4.84. The summed E-state index contributed by atoms with van der Waals surface area (Å²) in [7, 11) is 4.69. The summed E-state index contributed by atoms with van der Waals surface area (Å²) in [6.07, 6.45) is 3.38. The largest absolute Gasteiger partial charge is 0.493 e. The van der Waals surface area contributed by atoms with Crippen LogP contribution in [0, 0.1) is 0 Å². The second-order valence-electron chi connectivity index (χ2n) is 2.95. The van der Waals surface area contributed by atoms with Gasteiger partial charge in [0, 0.05) is 12.1 Å². The van der Waals surface area contributed by atoms with Crippen molar-refractivity contribution in [2.75, 3.05) is 21.3 Å². The zero-order valence-corrected chi connectivity index (χ0v) is 9.94. The molecule has 0 fully saturated rings. The molecule has 0 aromatic heterocycles. The maximum Gasteiger partial charge on any atom is 0.203 e. The SMILES string of the molecule is C/C=C\Oc1cc(OC)c(OC)c(OC)c1. The maximum absolute atomic E-state index is 5.34. The summed E-state index contributed by atoms with van der Waals surface area (Å²) in [6.45, 7) is 1.87. The number of allylic oxidation sites excluding steroid dienone is 1. The number of ether oxygens (including phenoxy) is 4. The van der Waals surface area contributed by atoms with Crippen molar-refractivity contribution in [2.24, 2.45) is 0 Å². The molecule has 4 heteroatoms. The molecular formula is C12H16O4. The summed E-state index contributed by atoms with van der Waals surface area (Å²) in [6, 6.07) is 3.47. The molecule has 0 saturated heterocycles. The van der Waals surface area contributed by atoms with E-state index in [2.05, 4.69) is 0 Å². The van der Waals surface area contributed by atoms with Crippen LogP contribution < -0.4 is 18.9 Å². The van der Waals surface area contributed by atoms with Crippen LogP contribution >= 0.6 is 0 Å². The van der Waals surface area contributed by atoms with E-state index in [0.717, 1.165) is 0 Å². The van der Waals surface area contributed by atoms with Gasteiger partial charge in [-0.15, -0.1) is 0 Å². The average molecular weight is 224 g/mol. The van der Waals surface area contributed by atoms with Crippen LogP contribution in [0.1, 0.15) is 6.92 Å². The van der Waals surface area contributed by atoms with Gasteiger partial charge in [0.05, 0.1) is 27.6 Å². The Hall–Kier alpha value is -1.84. The van der Waals surface area contributed by atoms with Crippen LogP contribution in [0.3, 0.4) is 0 Å². The quantitative estimate of drug-likeness (QED) is 0.720. The van der Waals surface area contributed by atoms with E-state index in [1.807, 2.05) is 6.92 Å². The van der Waals surface area contributed by atoms with Gasteiger partial charge in [-0.3, -0.25) is 0 Å². The van der Waals surface area contributed by atoms with Gasteiger partial charge < -0.3 is 18.9 Å². The molecular weight excluding hydrogens is 208 g/mol. The fourth-order valence-corrected chi connectivity index (χ4v) is 1.27. The van der Waals surface area contributed by atoms with Gasteiger partial charge in [0.1, 0.15) is 5.75 Å². The summed E-state index contributed by atoms with van der Waals surface area (Å²) in [5.41, 5.74) is 0. The highest BCUT2D eigenvalue weighted by Gasteiger charge is 2.13. The van der Waals surface area contributed by atoms with Crippen LogP contribution in [0.5, 0.6) is 23.0 Å². The monoisotopic (exact) mass is 224 g/mol. The molecule has 1 aromatic rings. The summed E-state index contributed by atoms with van der Waals surface area (Å²) < 4.78 is 20.9. The second kappa shape index (κ2) is 5.90. The first-order valence-corrected chi connectivity index (χ1v) is 4.84. The van der Waals surface area contributed by atoms with Crippen molar-refractivity contribution in [1.82, 2.24) is 0 Å². The molecule has 0 unspecified atom stereocenters. The maximum atomic E-state index is 5.34. The lowest BCUT2D eigenvalue weighted by molar-refractivity contribution is 0.321. The molecule has 1 aromatic carbocycles. The van der Waals surface area contributed by atoms with Gasteiger partial charge in [-0.05, 0) is 6.92 Å². The van der Waals surface area contributed by atoms with E-state index in [4.69, 9.17) is 18.9 Å². The zero-order valence-electron chi connectivity index (χ0n) is 9.94. The minimum atomic E-state index is 0.554. The van der Waals surface area contributed by atoms with Crippen LogP contribution in [0.25, 0.3) is 0 Å². The van der Waals surface area contributed by atoms with Crippen molar-refractivity contribution in [3.05, 3.63) is 24.5 Å². The molecule has 4 nitrogen and oxygen atoms in total. The molecule has 0 radical (unpaired) electrons. The molecule has 0 aliphatic heterocycles. The number of methoxy groups -OCH3 is 3. The topological polar surface area (TPSA) is 36.9 Å². The normalized spacial score (nSPS) is 10.2. The van der Waals surface area contributed by atoms with E-state index < -0.39 is 0 Å². The molecule has 0 aliphatic rings. The molecule has 0 bridgehead atoms. The lowest BCUT2D eigenvalue weighted by Gasteiger charge is -2.13. The van der Waals surface area contributed by atoms with E-state index in [-0.39, 0.29) is 0 Å². The molecule has 88 valence electrons. The number of hydrogen-bond donors (Lipinski definition) is 0. The highest BCUT2D eigenvalue weighted by molar-refractivity contribution is 5.55. The predicted molar refractivity (Wildman–Crippen MR) is 61.5 cm³/mol. The number of rotatable bonds is 5. The third-order valence-corrected chi connectivity index (χ3v) is 1.98. The zero-order chi connectivity index (χ0) is 12.0. The minimum Gasteiger partial charge on any atom is -0.493 e. The molecule has 0 atom stereocenters. The number of benzene rings is 1. The van der Waals surface area contributed by atoms with Crippen molar-refractivity contribution >= 4 is 0 Å². The molecule has 0 aliphatic carbocycles. The fraction of sp³-hybridized carbons (Fsp3) is 0.333. The fourth-order valence-electron chi connectivity index (χ4n) is 1.27. The second-order valence-corrected chi connectivity index (χ2v) is 2.95. The average Bonchev–Trinajstić information content (AvgIpc) is 2.34. The van der Waals surface area contributed by atoms with Crippen LogP contribution in [0.15, 0.2) is 24.5 Å². The molecule has 0 spiro atoms. The third kappa shape index (κ3) is 2.59. The van der Waals surface area contributed by atoms with Gasteiger partial charge >= 0.3 is 0 Å². The Labute approximate surface area is 95.4 Å². The summed E-state index contributed by atoms with van der Waals surface area (Å²) in [4.78, 5) is 0. The first kappa shape index (κ1) is 12.2. The van der Waals surface area contributed by atoms with Gasteiger partial charge in [0.15, 0.2) is 11.5 Å². The van der Waals surface area contributed by atoms with E-state index in [1.165, 1.54) is 0 Å². The Morgan fingerprint density at radius 2 is 1.50 bits per heavy atom. The van der Waals surface area contributed by atoms with Gasteiger partial charge in [0.2, 0.25) is 5.75 Å². The van der Waals surface area contributed by atoms with Crippen LogP contribution in [-0.2, 0) is 0 Å². The van der Waals surface area contributed by atoms with E-state index in [0.29, 0.717) is 23.0 Å². The molecule has 0 amide bonds. The van der Waals surface area contributed by atoms with E-state index in [1.54, 1.807) is 45.8 Å². The Morgan fingerprint density at radius 1 is 0.938 bits per heavy atom. The molecule has 16 heavy (non-hydrogen) atoms. The minimum absolute atomic E-state index is 0.554. The molecule has 0 heterocycles. The van der Waals surface area contributed by atoms with E-state index >= 15 is 0 Å². The summed E-state index contributed by atoms with van der Waals surface area (Å²) in [5.74, 6) is 2.33. The molecule has 1 rings (SSSR count). The van der Waals surface area contributed by atoms with Crippen molar-refractivity contribution < 1.29 is 18.9 Å². The lowest BCUT2D eigenvalue weighted by atomic mass is 10.2. The van der Waals surface area contributed by atoms with Gasteiger partial charge in [0.25, 0.3) is 0 Å². The highest BCUT2D eigenvalue weighted by atomic mass is 16.5. The Morgan fingerprint density at radius 3 is 1.88 bits per heavy atom. The van der Waals surface area contributed by atoms with Crippen LogP contribution in [-0.4, -0.2) is 21.3 Å². The van der Waals surface area contributed by atoms with Crippen molar-refractivity contribution in [3.63, 3.8) is 0 Å². The lowest BCUT2D eigenvalue weighted by Crippen LogP contribution is -1.95. The summed E-state index contributed by atoms with van der Waals surface area (Å²) in [5, 5.41) is 0.